The molecule has 4 rings (SSSR count). The summed E-state index contributed by atoms with van der Waals surface area (Å²) < 4.78 is 5.79. The lowest BCUT2D eigenvalue weighted by Gasteiger charge is -2.05. The van der Waals surface area contributed by atoms with Gasteiger partial charge in [-0.25, -0.2) is 4.98 Å². The summed E-state index contributed by atoms with van der Waals surface area (Å²) >= 11 is 3.18. The molecule has 28 heavy (non-hydrogen) atoms. The Morgan fingerprint density at radius 1 is 1.04 bits per heavy atom. The standard InChI is InChI=1S/C22H21N3OS2/c1-14(2)16-7-9-17(10-8-16)21-23-19(12-27-21)13-28-22-25-24-20(26-22)18-6-4-5-15(3)11-18/h4-12,14H,13H2,1-3H3. The Morgan fingerprint density at radius 2 is 1.86 bits per heavy atom. The molecule has 0 amide bonds. The minimum absolute atomic E-state index is 0.538. The third-order valence-corrected chi connectivity index (χ3v) is 6.18. The summed E-state index contributed by atoms with van der Waals surface area (Å²) in [5.74, 6) is 1.79. The van der Waals surface area contributed by atoms with Crippen LogP contribution in [-0.2, 0) is 5.75 Å². The van der Waals surface area contributed by atoms with E-state index in [0.717, 1.165) is 21.8 Å². The average Bonchev–Trinajstić information content (AvgIpc) is 3.36. The molecular formula is C22H21N3OS2. The highest BCUT2D eigenvalue weighted by Crippen LogP contribution is 2.30. The van der Waals surface area contributed by atoms with E-state index in [9.17, 15) is 0 Å². The Hall–Kier alpha value is -2.44. The summed E-state index contributed by atoms with van der Waals surface area (Å²) in [5, 5.41) is 12.0. The van der Waals surface area contributed by atoms with E-state index in [-0.39, 0.29) is 0 Å². The van der Waals surface area contributed by atoms with Crippen LogP contribution in [0.3, 0.4) is 0 Å². The van der Waals surface area contributed by atoms with Gasteiger partial charge in [0.2, 0.25) is 5.89 Å². The average molecular weight is 408 g/mol. The molecule has 0 saturated carbocycles. The van der Waals surface area contributed by atoms with Crippen molar-refractivity contribution in [2.75, 3.05) is 0 Å². The molecule has 0 radical (unpaired) electrons. The van der Waals surface area contributed by atoms with Gasteiger partial charge in [-0.15, -0.1) is 21.5 Å². The molecule has 2 heterocycles. The number of thioether (sulfide) groups is 1. The van der Waals surface area contributed by atoms with Crippen molar-refractivity contribution < 1.29 is 4.42 Å². The van der Waals surface area contributed by atoms with E-state index in [4.69, 9.17) is 9.40 Å². The van der Waals surface area contributed by atoms with E-state index < -0.39 is 0 Å². The molecule has 142 valence electrons. The predicted molar refractivity (Wildman–Crippen MR) is 116 cm³/mol. The van der Waals surface area contributed by atoms with Gasteiger partial charge in [0.25, 0.3) is 5.22 Å². The van der Waals surface area contributed by atoms with Crippen LogP contribution in [0.1, 0.15) is 36.6 Å². The molecule has 0 fully saturated rings. The maximum absolute atomic E-state index is 5.79. The van der Waals surface area contributed by atoms with Crippen molar-refractivity contribution in [2.24, 2.45) is 0 Å². The summed E-state index contributed by atoms with van der Waals surface area (Å²) in [7, 11) is 0. The van der Waals surface area contributed by atoms with Crippen LogP contribution in [0.15, 0.2) is 63.6 Å². The first-order valence-electron chi connectivity index (χ1n) is 9.16. The van der Waals surface area contributed by atoms with Crippen LogP contribution in [0.4, 0.5) is 0 Å². The van der Waals surface area contributed by atoms with Gasteiger partial charge in [0.15, 0.2) is 0 Å². The van der Waals surface area contributed by atoms with Gasteiger partial charge >= 0.3 is 0 Å². The summed E-state index contributed by atoms with van der Waals surface area (Å²) in [6.07, 6.45) is 0. The van der Waals surface area contributed by atoms with Crippen LogP contribution in [0.5, 0.6) is 0 Å². The van der Waals surface area contributed by atoms with E-state index in [1.807, 2.05) is 31.2 Å². The van der Waals surface area contributed by atoms with Gasteiger partial charge in [0.1, 0.15) is 5.01 Å². The van der Waals surface area contributed by atoms with Gasteiger partial charge in [-0.2, -0.15) is 0 Å². The van der Waals surface area contributed by atoms with E-state index in [2.05, 4.69) is 53.7 Å². The Kier molecular flexibility index (Phi) is 5.59. The molecule has 0 atom stereocenters. The number of hydrogen-bond donors (Lipinski definition) is 0. The lowest BCUT2D eigenvalue weighted by molar-refractivity contribution is 0.466. The molecule has 2 aromatic carbocycles. The number of thiazole rings is 1. The number of rotatable bonds is 6. The van der Waals surface area contributed by atoms with Crippen molar-refractivity contribution in [1.82, 2.24) is 15.2 Å². The molecule has 4 nitrogen and oxygen atoms in total. The monoisotopic (exact) mass is 407 g/mol. The second kappa shape index (κ2) is 8.29. The molecule has 0 aliphatic heterocycles. The van der Waals surface area contributed by atoms with Gasteiger partial charge in [-0.05, 0) is 30.5 Å². The van der Waals surface area contributed by atoms with Gasteiger partial charge in [0.05, 0.1) is 5.69 Å². The van der Waals surface area contributed by atoms with Crippen LogP contribution >= 0.6 is 23.1 Å². The SMILES string of the molecule is Cc1cccc(-c2nnc(SCc3csc(-c4ccc(C(C)C)cc4)n3)o2)c1. The Balaban J connectivity index is 1.41. The van der Waals surface area contributed by atoms with Gasteiger partial charge in [-0.1, -0.05) is 67.6 Å². The van der Waals surface area contributed by atoms with Crippen LogP contribution < -0.4 is 0 Å². The minimum atomic E-state index is 0.538. The molecule has 6 heteroatoms. The zero-order valence-corrected chi connectivity index (χ0v) is 17.7. The zero-order valence-electron chi connectivity index (χ0n) is 16.0. The summed E-state index contributed by atoms with van der Waals surface area (Å²) in [4.78, 5) is 4.75. The third-order valence-electron chi connectivity index (χ3n) is 4.39. The maximum Gasteiger partial charge on any atom is 0.277 e. The second-order valence-corrected chi connectivity index (χ2v) is 8.74. The van der Waals surface area contributed by atoms with E-state index in [1.54, 1.807) is 11.3 Å². The smallest absolute Gasteiger partial charge is 0.277 e. The molecule has 0 N–H and O–H groups in total. The predicted octanol–water partition coefficient (Wildman–Crippen LogP) is 6.58. The molecular weight excluding hydrogens is 386 g/mol. The van der Waals surface area contributed by atoms with Crippen LogP contribution in [-0.4, -0.2) is 15.2 Å². The van der Waals surface area contributed by atoms with E-state index in [0.29, 0.717) is 22.8 Å². The highest BCUT2D eigenvalue weighted by Gasteiger charge is 2.11. The van der Waals surface area contributed by atoms with Crippen LogP contribution in [0, 0.1) is 6.92 Å². The second-order valence-electron chi connectivity index (χ2n) is 6.95. The first-order chi connectivity index (χ1) is 13.6. The fraction of sp³-hybridized carbons (Fsp3) is 0.227. The lowest BCUT2D eigenvalue weighted by atomic mass is 10.0. The molecule has 2 aromatic heterocycles. The summed E-state index contributed by atoms with van der Waals surface area (Å²) in [6.45, 7) is 6.46. The lowest BCUT2D eigenvalue weighted by Crippen LogP contribution is -1.87. The van der Waals surface area contributed by atoms with E-state index >= 15 is 0 Å². The molecule has 0 aliphatic rings. The first-order valence-corrected chi connectivity index (χ1v) is 11.0. The summed E-state index contributed by atoms with van der Waals surface area (Å²) in [5.41, 5.74) is 5.64. The van der Waals surface area contributed by atoms with Crippen molar-refractivity contribution in [3.05, 3.63) is 70.7 Å². The number of hydrogen-bond acceptors (Lipinski definition) is 6. The topological polar surface area (TPSA) is 51.8 Å². The van der Waals surface area contributed by atoms with Gasteiger partial charge in [-0.3, -0.25) is 0 Å². The number of benzene rings is 2. The maximum atomic E-state index is 5.79. The first kappa shape index (κ1) is 18.9. The molecule has 0 saturated heterocycles. The molecule has 0 unspecified atom stereocenters. The quantitative estimate of drug-likeness (QED) is 0.338. The van der Waals surface area contributed by atoms with Crippen molar-refractivity contribution in [1.29, 1.82) is 0 Å². The molecule has 0 bridgehead atoms. The number of aryl methyl sites for hydroxylation is 1. The third kappa shape index (κ3) is 4.34. The molecule has 0 spiro atoms. The summed E-state index contributed by atoms with van der Waals surface area (Å²) in [6, 6.07) is 16.7. The fourth-order valence-corrected chi connectivity index (χ4v) is 4.40. The van der Waals surface area contributed by atoms with Gasteiger partial charge < -0.3 is 4.42 Å². The van der Waals surface area contributed by atoms with Crippen molar-refractivity contribution in [3.63, 3.8) is 0 Å². The number of aromatic nitrogens is 3. The highest BCUT2D eigenvalue weighted by atomic mass is 32.2. The van der Waals surface area contributed by atoms with Crippen LogP contribution in [0.25, 0.3) is 22.0 Å². The van der Waals surface area contributed by atoms with E-state index in [1.165, 1.54) is 22.9 Å². The minimum Gasteiger partial charge on any atom is -0.411 e. The fourth-order valence-electron chi connectivity index (χ4n) is 2.81. The molecule has 4 aromatic rings. The number of nitrogens with zero attached hydrogens (tertiary/aromatic N) is 3. The van der Waals surface area contributed by atoms with Crippen LogP contribution in [0.2, 0.25) is 0 Å². The Labute approximate surface area is 173 Å². The Bertz CT molecular complexity index is 1070. The van der Waals surface area contributed by atoms with Crippen molar-refractivity contribution in [3.8, 4) is 22.0 Å². The molecule has 0 aliphatic carbocycles. The van der Waals surface area contributed by atoms with Gasteiger partial charge in [0, 0.05) is 22.3 Å². The Morgan fingerprint density at radius 3 is 2.61 bits per heavy atom. The largest absolute Gasteiger partial charge is 0.411 e. The normalized spacial score (nSPS) is 11.3. The highest BCUT2D eigenvalue weighted by molar-refractivity contribution is 7.98. The van der Waals surface area contributed by atoms with Crippen molar-refractivity contribution >= 4 is 23.1 Å². The van der Waals surface area contributed by atoms with Crippen molar-refractivity contribution in [2.45, 2.75) is 37.7 Å². The zero-order chi connectivity index (χ0) is 19.5.